The molecule has 0 aliphatic heterocycles. The van der Waals surface area contributed by atoms with Gasteiger partial charge in [0, 0.05) is 40.1 Å². The van der Waals surface area contributed by atoms with E-state index in [1.54, 1.807) is 12.1 Å². The number of carbonyl (C=O) groups is 1. The maximum atomic E-state index is 13.3. The van der Waals surface area contributed by atoms with Crippen molar-refractivity contribution in [1.29, 1.82) is 0 Å². The molecule has 2 N–H and O–H groups in total. The van der Waals surface area contributed by atoms with Gasteiger partial charge in [0.2, 0.25) is 0 Å². The summed E-state index contributed by atoms with van der Waals surface area (Å²) in [5.41, 5.74) is 0.957. The zero-order valence-electron chi connectivity index (χ0n) is 15.9. The van der Waals surface area contributed by atoms with Gasteiger partial charge in [0.05, 0.1) is 5.02 Å². The highest BCUT2D eigenvalue weighted by atomic mass is 35.5. The average Bonchev–Trinajstić information content (AvgIpc) is 2.67. The molecule has 3 nitrogen and oxygen atoms in total. The van der Waals surface area contributed by atoms with Crippen LogP contribution in [-0.4, -0.2) is 22.9 Å². The molecule has 156 valence electrons. The van der Waals surface area contributed by atoms with Crippen LogP contribution in [0.4, 0.5) is 18.9 Å². The molecule has 2 unspecified atom stereocenters. The summed E-state index contributed by atoms with van der Waals surface area (Å²) in [6.07, 6.45) is 0.657. The first-order chi connectivity index (χ1) is 13.6. The SMILES string of the molecule is C=C(CC(C)CO)C(C)Sc1cc(C(=O)Nc2cc(F)c(F)c(F)c2)ccc1Cl. The van der Waals surface area contributed by atoms with Crippen molar-refractivity contribution < 1.29 is 23.1 Å². The summed E-state index contributed by atoms with van der Waals surface area (Å²) in [7, 11) is 0. The van der Waals surface area contributed by atoms with Gasteiger partial charge in [0.25, 0.3) is 5.91 Å². The first-order valence-electron chi connectivity index (χ1n) is 8.83. The Labute approximate surface area is 177 Å². The minimum atomic E-state index is -1.60. The first kappa shape index (κ1) is 23.3. The van der Waals surface area contributed by atoms with Gasteiger partial charge in [-0.1, -0.05) is 30.7 Å². The van der Waals surface area contributed by atoms with Crippen LogP contribution in [0.5, 0.6) is 0 Å². The summed E-state index contributed by atoms with van der Waals surface area (Å²) in [5, 5.41) is 12.0. The van der Waals surface area contributed by atoms with E-state index in [0.29, 0.717) is 28.5 Å². The molecule has 1 amide bonds. The molecule has 2 aromatic carbocycles. The summed E-state index contributed by atoms with van der Waals surface area (Å²) < 4.78 is 39.7. The lowest BCUT2D eigenvalue weighted by molar-refractivity contribution is 0.102. The number of anilines is 1. The van der Waals surface area contributed by atoms with Crippen molar-refractivity contribution in [1.82, 2.24) is 0 Å². The molecule has 0 bridgehead atoms. The lowest BCUT2D eigenvalue weighted by Gasteiger charge is -2.18. The molecule has 0 saturated carbocycles. The van der Waals surface area contributed by atoms with Crippen molar-refractivity contribution >= 4 is 35.0 Å². The van der Waals surface area contributed by atoms with Crippen LogP contribution in [-0.2, 0) is 0 Å². The van der Waals surface area contributed by atoms with E-state index in [4.69, 9.17) is 11.6 Å². The lowest BCUT2D eigenvalue weighted by Crippen LogP contribution is -2.13. The third kappa shape index (κ3) is 6.26. The zero-order valence-corrected chi connectivity index (χ0v) is 17.5. The van der Waals surface area contributed by atoms with E-state index >= 15 is 0 Å². The molecule has 0 heterocycles. The van der Waals surface area contributed by atoms with Crippen LogP contribution in [0, 0.1) is 23.4 Å². The average molecular weight is 444 g/mol. The summed E-state index contributed by atoms with van der Waals surface area (Å²) in [5.74, 6) is -4.91. The van der Waals surface area contributed by atoms with E-state index in [1.165, 1.54) is 17.8 Å². The summed E-state index contributed by atoms with van der Waals surface area (Å²) >= 11 is 7.65. The van der Waals surface area contributed by atoms with E-state index in [9.17, 15) is 23.1 Å². The van der Waals surface area contributed by atoms with Gasteiger partial charge in [-0.25, -0.2) is 13.2 Å². The van der Waals surface area contributed by atoms with E-state index < -0.39 is 23.4 Å². The second kappa shape index (κ2) is 10.2. The van der Waals surface area contributed by atoms with Crippen LogP contribution in [0.3, 0.4) is 0 Å². The Bertz CT molecular complexity index is 900. The van der Waals surface area contributed by atoms with Crippen molar-refractivity contribution in [2.24, 2.45) is 5.92 Å². The van der Waals surface area contributed by atoms with E-state index in [0.717, 1.165) is 5.57 Å². The number of amides is 1. The molecule has 2 atom stereocenters. The molecule has 0 spiro atoms. The maximum absolute atomic E-state index is 13.3. The third-order valence-electron chi connectivity index (χ3n) is 4.24. The highest BCUT2D eigenvalue weighted by molar-refractivity contribution is 8.00. The smallest absolute Gasteiger partial charge is 0.255 e. The number of nitrogens with one attached hydrogen (secondary N) is 1. The highest BCUT2D eigenvalue weighted by Crippen LogP contribution is 2.35. The lowest BCUT2D eigenvalue weighted by atomic mass is 10.0. The summed E-state index contributed by atoms with van der Waals surface area (Å²) in [4.78, 5) is 13.1. The van der Waals surface area contributed by atoms with Gasteiger partial charge in [0.15, 0.2) is 17.5 Å². The topological polar surface area (TPSA) is 49.3 Å². The molecule has 0 aliphatic carbocycles. The number of hydrogen-bond donors (Lipinski definition) is 2. The fraction of sp³-hybridized carbons (Fsp3) is 0.286. The fourth-order valence-corrected chi connectivity index (χ4v) is 3.79. The largest absolute Gasteiger partial charge is 0.396 e. The van der Waals surface area contributed by atoms with Gasteiger partial charge in [0.1, 0.15) is 0 Å². The van der Waals surface area contributed by atoms with Crippen LogP contribution in [0.15, 0.2) is 47.4 Å². The fourth-order valence-electron chi connectivity index (χ4n) is 2.52. The molecular formula is C21H21ClF3NO2S. The summed E-state index contributed by atoms with van der Waals surface area (Å²) in [6.45, 7) is 7.98. The predicted octanol–water partition coefficient (Wildman–Crippen LogP) is 6.06. The van der Waals surface area contributed by atoms with Gasteiger partial charge in [-0.15, -0.1) is 11.8 Å². The van der Waals surface area contributed by atoms with Crippen LogP contribution in [0.2, 0.25) is 5.02 Å². The quantitative estimate of drug-likeness (QED) is 0.296. The number of carbonyl (C=O) groups excluding carboxylic acids is 1. The van der Waals surface area contributed by atoms with Crippen LogP contribution >= 0.6 is 23.4 Å². The first-order valence-corrected chi connectivity index (χ1v) is 10.1. The Balaban J connectivity index is 2.15. The molecule has 8 heteroatoms. The summed E-state index contributed by atoms with van der Waals surface area (Å²) in [6, 6.07) is 6.01. The van der Waals surface area contributed by atoms with Crippen molar-refractivity contribution in [2.45, 2.75) is 30.4 Å². The number of aliphatic hydroxyl groups is 1. The monoisotopic (exact) mass is 443 g/mol. The van der Waals surface area contributed by atoms with E-state index in [-0.39, 0.29) is 29.0 Å². The predicted molar refractivity (Wildman–Crippen MR) is 111 cm³/mol. The molecule has 2 rings (SSSR count). The minimum Gasteiger partial charge on any atom is -0.396 e. The normalized spacial score (nSPS) is 13.1. The van der Waals surface area contributed by atoms with Crippen molar-refractivity contribution in [3.8, 4) is 0 Å². The Morgan fingerprint density at radius 3 is 2.41 bits per heavy atom. The molecule has 0 aliphatic rings. The van der Waals surface area contributed by atoms with Crippen LogP contribution in [0.1, 0.15) is 30.6 Å². The molecule has 0 saturated heterocycles. The Morgan fingerprint density at radius 2 is 1.83 bits per heavy atom. The highest BCUT2D eigenvalue weighted by Gasteiger charge is 2.17. The number of thioether (sulfide) groups is 1. The number of halogens is 4. The van der Waals surface area contributed by atoms with E-state index in [2.05, 4.69) is 11.9 Å². The number of aliphatic hydroxyl groups excluding tert-OH is 1. The zero-order chi connectivity index (χ0) is 21.7. The van der Waals surface area contributed by atoms with Crippen LogP contribution in [0.25, 0.3) is 0 Å². The van der Waals surface area contributed by atoms with Crippen molar-refractivity contribution in [2.75, 3.05) is 11.9 Å². The molecule has 0 aromatic heterocycles. The molecule has 2 aromatic rings. The minimum absolute atomic E-state index is 0.0138. The second-order valence-electron chi connectivity index (χ2n) is 6.76. The standard InChI is InChI=1S/C21H21ClF3NO2S/c1-11(10-27)6-12(2)13(3)29-19-7-14(4-5-16(19)22)21(28)26-15-8-17(23)20(25)18(24)9-15/h4-5,7-9,11,13,27H,2,6,10H2,1,3H3,(H,26,28). The van der Waals surface area contributed by atoms with Gasteiger partial charge in [-0.3, -0.25) is 4.79 Å². The van der Waals surface area contributed by atoms with Gasteiger partial charge < -0.3 is 10.4 Å². The molecule has 0 radical (unpaired) electrons. The molecular weight excluding hydrogens is 423 g/mol. The number of hydrogen-bond acceptors (Lipinski definition) is 3. The third-order valence-corrected chi connectivity index (χ3v) is 5.96. The van der Waals surface area contributed by atoms with Gasteiger partial charge >= 0.3 is 0 Å². The van der Waals surface area contributed by atoms with Gasteiger partial charge in [-0.2, -0.15) is 0 Å². The van der Waals surface area contributed by atoms with E-state index in [1.807, 2.05) is 13.8 Å². The second-order valence-corrected chi connectivity index (χ2v) is 8.55. The van der Waals surface area contributed by atoms with Crippen LogP contribution < -0.4 is 5.32 Å². The maximum Gasteiger partial charge on any atom is 0.255 e. The Morgan fingerprint density at radius 1 is 1.21 bits per heavy atom. The van der Waals surface area contributed by atoms with Crippen molar-refractivity contribution in [3.63, 3.8) is 0 Å². The molecule has 0 fully saturated rings. The number of rotatable bonds is 8. The Hall–Kier alpha value is -1.96. The Kier molecular flexibility index (Phi) is 8.19. The van der Waals surface area contributed by atoms with Crippen molar-refractivity contribution in [3.05, 3.63) is 70.5 Å². The molecule has 29 heavy (non-hydrogen) atoms. The number of benzene rings is 2. The van der Waals surface area contributed by atoms with Gasteiger partial charge in [-0.05, 0) is 37.5 Å².